The number of nitrogens with one attached hydrogen (secondary N) is 1. The number of hydrogen-bond donors (Lipinski definition) is 1. The molecule has 0 saturated heterocycles. The largest absolute Gasteiger partial charge is 0.489 e. The summed E-state index contributed by atoms with van der Waals surface area (Å²) in [5.41, 5.74) is 1.20. The number of ether oxygens (including phenoxy) is 2. The second-order valence-electron chi connectivity index (χ2n) is 3.88. The second kappa shape index (κ2) is 8.91. The van der Waals surface area contributed by atoms with Crippen molar-refractivity contribution in [2.24, 2.45) is 0 Å². The van der Waals surface area contributed by atoms with E-state index in [4.69, 9.17) is 9.47 Å². The summed E-state index contributed by atoms with van der Waals surface area (Å²) in [7, 11) is 1.93. The summed E-state index contributed by atoms with van der Waals surface area (Å²) in [6.07, 6.45) is 1.03. The van der Waals surface area contributed by atoms with Crippen LogP contribution in [-0.2, 0) is 11.3 Å². The Kier molecular flexibility index (Phi) is 7.90. The van der Waals surface area contributed by atoms with Gasteiger partial charge in [0.05, 0.1) is 15.6 Å². The van der Waals surface area contributed by atoms with Crippen molar-refractivity contribution in [3.8, 4) is 5.75 Å². The molecule has 0 unspecified atom stereocenters. The van der Waals surface area contributed by atoms with Crippen LogP contribution in [0.5, 0.6) is 5.75 Å². The lowest BCUT2D eigenvalue weighted by molar-refractivity contribution is 0.100. The molecule has 1 rings (SSSR count). The highest BCUT2D eigenvalue weighted by atomic mass is 79.9. The lowest BCUT2D eigenvalue weighted by Gasteiger charge is -2.12. The first-order valence-corrected chi connectivity index (χ1v) is 7.60. The van der Waals surface area contributed by atoms with Gasteiger partial charge in [-0.25, -0.2) is 0 Å². The number of halogens is 2. The molecule has 1 aromatic rings. The van der Waals surface area contributed by atoms with E-state index in [0.29, 0.717) is 13.2 Å². The van der Waals surface area contributed by atoms with E-state index in [0.717, 1.165) is 34.3 Å². The van der Waals surface area contributed by atoms with Crippen LogP contribution in [-0.4, -0.2) is 26.9 Å². The van der Waals surface area contributed by atoms with Crippen molar-refractivity contribution in [3.05, 3.63) is 26.6 Å². The van der Waals surface area contributed by atoms with Gasteiger partial charge in [-0.1, -0.05) is 6.92 Å². The first kappa shape index (κ1) is 16.0. The summed E-state index contributed by atoms with van der Waals surface area (Å²) in [6.45, 7) is 4.88. The van der Waals surface area contributed by atoms with Crippen LogP contribution in [0.15, 0.2) is 21.1 Å². The maximum atomic E-state index is 5.71. The third-order valence-corrected chi connectivity index (χ3v) is 3.44. The second-order valence-corrected chi connectivity index (χ2v) is 5.59. The summed E-state index contributed by atoms with van der Waals surface area (Å²) < 4.78 is 13.0. The maximum absolute atomic E-state index is 5.71. The van der Waals surface area contributed by atoms with Crippen molar-refractivity contribution in [1.29, 1.82) is 0 Å². The third kappa shape index (κ3) is 5.26. The van der Waals surface area contributed by atoms with Crippen molar-refractivity contribution in [3.63, 3.8) is 0 Å². The van der Waals surface area contributed by atoms with E-state index in [1.165, 1.54) is 5.56 Å². The molecule has 0 saturated carbocycles. The lowest BCUT2D eigenvalue weighted by Crippen LogP contribution is -2.09. The third-order valence-electron chi connectivity index (χ3n) is 2.26. The normalized spacial score (nSPS) is 10.7. The van der Waals surface area contributed by atoms with Crippen LogP contribution >= 0.6 is 31.9 Å². The fraction of sp³-hybridized carbons (Fsp3) is 0.538. The molecule has 0 aliphatic rings. The quantitative estimate of drug-likeness (QED) is 0.697. The Morgan fingerprint density at radius 2 is 1.78 bits per heavy atom. The predicted molar refractivity (Wildman–Crippen MR) is 81.2 cm³/mol. The summed E-state index contributed by atoms with van der Waals surface area (Å²) in [6, 6.07) is 4.12. The number of hydrogen-bond acceptors (Lipinski definition) is 3. The van der Waals surface area contributed by atoms with Gasteiger partial charge in [0.25, 0.3) is 0 Å². The zero-order chi connectivity index (χ0) is 13.4. The van der Waals surface area contributed by atoms with Gasteiger partial charge >= 0.3 is 0 Å². The molecule has 18 heavy (non-hydrogen) atoms. The smallest absolute Gasteiger partial charge is 0.147 e. The molecule has 0 radical (unpaired) electrons. The van der Waals surface area contributed by atoms with Gasteiger partial charge in [-0.15, -0.1) is 0 Å². The fourth-order valence-electron chi connectivity index (χ4n) is 1.51. The molecule has 0 bridgehead atoms. The van der Waals surface area contributed by atoms with Gasteiger partial charge in [-0.3, -0.25) is 0 Å². The molecule has 1 aromatic carbocycles. The highest BCUT2D eigenvalue weighted by Gasteiger charge is 2.08. The fourth-order valence-corrected chi connectivity index (χ4v) is 3.02. The molecule has 0 spiro atoms. The van der Waals surface area contributed by atoms with Gasteiger partial charge in [0, 0.05) is 13.2 Å². The molecule has 0 aromatic heterocycles. The Hall–Kier alpha value is -0.100. The van der Waals surface area contributed by atoms with Crippen molar-refractivity contribution < 1.29 is 9.47 Å². The summed E-state index contributed by atoms with van der Waals surface area (Å²) >= 11 is 7.05. The van der Waals surface area contributed by atoms with Gasteiger partial charge in [0.1, 0.15) is 12.4 Å². The van der Waals surface area contributed by atoms with Gasteiger partial charge < -0.3 is 14.8 Å². The highest BCUT2D eigenvalue weighted by Crippen LogP contribution is 2.34. The van der Waals surface area contributed by atoms with E-state index in [9.17, 15) is 0 Å². The Balaban J connectivity index is 2.54. The van der Waals surface area contributed by atoms with Gasteiger partial charge in [0.15, 0.2) is 0 Å². The van der Waals surface area contributed by atoms with Crippen molar-refractivity contribution in [2.45, 2.75) is 19.9 Å². The standard InChI is InChI=1S/C13H19Br2NO2/c1-3-4-17-5-6-18-13-11(14)7-10(9-16-2)8-12(13)15/h7-8,16H,3-6,9H2,1-2H3. The monoisotopic (exact) mass is 379 g/mol. The van der Waals surface area contributed by atoms with Crippen molar-refractivity contribution in [2.75, 3.05) is 26.9 Å². The molecule has 102 valence electrons. The maximum Gasteiger partial charge on any atom is 0.147 e. The molecular weight excluding hydrogens is 362 g/mol. The van der Waals surface area contributed by atoms with E-state index < -0.39 is 0 Å². The topological polar surface area (TPSA) is 30.5 Å². The minimum Gasteiger partial charge on any atom is -0.489 e. The van der Waals surface area contributed by atoms with Crippen LogP contribution in [0.2, 0.25) is 0 Å². The SMILES string of the molecule is CCCOCCOc1c(Br)cc(CNC)cc1Br. The average Bonchev–Trinajstić information content (AvgIpc) is 2.32. The zero-order valence-corrected chi connectivity index (χ0v) is 13.9. The van der Waals surface area contributed by atoms with E-state index >= 15 is 0 Å². The molecule has 0 aliphatic carbocycles. The van der Waals surface area contributed by atoms with Gasteiger partial charge in [0.2, 0.25) is 0 Å². The average molecular weight is 381 g/mol. The molecule has 0 fully saturated rings. The summed E-state index contributed by atoms with van der Waals surface area (Å²) in [4.78, 5) is 0. The van der Waals surface area contributed by atoms with Crippen LogP contribution in [0.1, 0.15) is 18.9 Å². The van der Waals surface area contributed by atoms with Crippen molar-refractivity contribution in [1.82, 2.24) is 5.32 Å². The highest BCUT2D eigenvalue weighted by molar-refractivity contribution is 9.11. The molecule has 3 nitrogen and oxygen atoms in total. The molecule has 1 N–H and O–H groups in total. The summed E-state index contributed by atoms with van der Waals surface area (Å²) in [5, 5.41) is 3.12. The number of rotatable bonds is 8. The Bertz CT molecular complexity index is 349. The van der Waals surface area contributed by atoms with E-state index in [1.807, 2.05) is 7.05 Å². The van der Waals surface area contributed by atoms with Gasteiger partial charge in [-0.05, 0) is 63.0 Å². The molecule has 0 aliphatic heterocycles. The van der Waals surface area contributed by atoms with Crippen LogP contribution in [0.25, 0.3) is 0 Å². The predicted octanol–water partition coefficient (Wildman–Crippen LogP) is 3.74. The summed E-state index contributed by atoms with van der Waals surface area (Å²) in [5.74, 6) is 0.829. The molecule has 5 heteroatoms. The Labute approximate surface area is 125 Å². The Morgan fingerprint density at radius 1 is 1.11 bits per heavy atom. The number of benzene rings is 1. The minimum atomic E-state index is 0.558. The first-order chi connectivity index (χ1) is 8.69. The van der Waals surface area contributed by atoms with E-state index in [2.05, 4.69) is 56.2 Å². The molecule has 0 amide bonds. The van der Waals surface area contributed by atoms with E-state index in [1.54, 1.807) is 0 Å². The molecule has 0 atom stereocenters. The van der Waals surface area contributed by atoms with Crippen LogP contribution in [0.3, 0.4) is 0 Å². The Morgan fingerprint density at radius 3 is 2.33 bits per heavy atom. The molecular formula is C13H19Br2NO2. The van der Waals surface area contributed by atoms with Gasteiger partial charge in [-0.2, -0.15) is 0 Å². The van der Waals surface area contributed by atoms with Crippen molar-refractivity contribution >= 4 is 31.9 Å². The molecule has 0 heterocycles. The first-order valence-electron chi connectivity index (χ1n) is 6.02. The minimum absolute atomic E-state index is 0.558. The van der Waals surface area contributed by atoms with Crippen LogP contribution < -0.4 is 10.1 Å². The van der Waals surface area contributed by atoms with Crippen LogP contribution in [0, 0.1) is 0 Å². The zero-order valence-electron chi connectivity index (χ0n) is 10.8. The lowest BCUT2D eigenvalue weighted by atomic mass is 10.2. The van der Waals surface area contributed by atoms with Crippen LogP contribution in [0.4, 0.5) is 0 Å². The van der Waals surface area contributed by atoms with E-state index in [-0.39, 0.29) is 0 Å².